The molecule has 0 N–H and O–H groups in total. The van der Waals surface area contributed by atoms with Gasteiger partial charge in [-0.05, 0) is 25.1 Å². The Bertz CT molecular complexity index is 563. The largest absolute Gasteiger partial charge is 0.370 e. The molecule has 0 amide bonds. The normalized spacial score (nSPS) is 10.5. The highest BCUT2D eigenvalue weighted by Gasteiger charge is 2.07. The molecule has 0 aliphatic carbocycles. The van der Waals surface area contributed by atoms with Crippen molar-refractivity contribution in [3.05, 3.63) is 48.4 Å². The number of likely N-dealkylation sites (N-methyl/N-ethyl adjacent to an activating group) is 1. The van der Waals surface area contributed by atoms with Crippen LogP contribution >= 0.6 is 0 Å². The standard InChI is InChI=1S/C14H15FN2/c1-10(2)9-17(3)14-6-7-16-13-8-11(15)4-5-12(13)14/h4-8H,1,9H2,2-3H3. The average Bonchev–Trinajstić information content (AvgIpc) is 2.26. The minimum Gasteiger partial charge on any atom is -0.370 e. The van der Waals surface area contributed by atoms with Gasteiger partial charge >= 0.3 is 0 Å². The maximum Gasteiger partial charge on any atom is 0.125 e. The molecule has 0 saturated carbocycles. The van der Waals surface area contributed by atoms with Crippen LogP contribution in [0.2, 0.25) is 0 Å². The number of hydrogen-bond acceptors (Lipinski definition) is 2. The first-order valence-electron chi connectivity index (χ1n) is 5.47. The van der Waals surface area contributed by atoms with Gasteiger partial charge in [-0.15, -0.1) is 0 Å². The Morgan fingerprint density at radius 2 is 2.18 bits per heavy atom. The van der Waals surface area contributed by atoms with Crippen molar-refractivity contribution in [1.82, 2.24) is 4.98 Å². The van der Waals surface area contributed by atoms with Crippen LogP contribution in [-0.2, 0) is 0 Å². The predicted octanol–water partition coefficient (Wildman–Crippen LogP) is 3.39. The third-order valence-corrected chi connectivity index (χ3v) is 2.60. The SMILES string of the molecule is C=C(C)CN(C)c1ccnc2cc(F)ccc12. The molecular weight excluding hydrogens is 215 g/mol. The number of halogens is 1. The van der Waals surface area contributed by atoms with Crippen LogP contribution in [-0.4, -0.2) is 18.6 Å². The molecule has 0 atom stereocenters. The van der Waals surface area contributed by atoms with Gasteiger partial charge in [0.25, 0.3) is 0 Å². The number of hydrogen-bond donors (Lipinski definition) is 0. The maximum absolute atomic E-state index is 13.1. The quantitative estimate of drug-likeness (QED) is 0.751. The number of fused-ring (bicyclic) bond motifs is 1. The topological polar surface area (TPSA) is 16.1 Å². The fourth-order valence-electron chi connectivity index (χ4n) is 1.93. The Kier molecular flexibility index (Phi) is 3.09. The molecule has 1 aromatic heterocycles. The van der Waals surface area contributed by atoms with E-state index in [1.807, 2.05) is 20.0 Å². The van der Waals surface area contributed by atoms with Gasteiger partial charge in [-0.3, -0.25) is 4.98 Å². The van der Waals surface area contributed by atoms with Gasteiger partial charge in [-0.2, -0.15) is 0 Å². The number of pyridine rings is 1. The summed E-state index contributed by atoms with van der Waals surface area (Å²) in [4.78, 5) is 6.26. The van der Waals surface area contributed by atoms with Crippen molar-refractivity contribution in [2.75, 3.05) is 18.5 Å². The molecule has 17 heavy (non-hydrogen) atoms. The Labute approximate surface area is 100 Å². The van der Waals surface area contributed by atoms with Gasteiger partial charge in [0.05, 0.1) is 5.52 Å². The zero-order chi connectivity index (χ0) is 12.4. The molecule has 2 aromatic rings. The van der Waals surface area contributed by atoms with Gasteiger partial charge in [0.1, 0.15) is 5.82 Å². The summed E-state index contributed by atoms with van der Waals surface area (Å²) in [6.45, 7) is 6.66. The molecule has 0 spiro atoms. The van der Waals surface area contributed by atoms with Crippen molar-refractivity contribution in [1.29, 1.82) is 0 Å². The summed E-state index contributed by atoms with van der Waals surface area (Å²) in [5.41, 5.74) is 2.80. The van der Waals surface area contributed by atoms with Crippen LogP contribution in [0.1, 0.15) is 6.92 Å². The summed E-state index contributed by atoms with van der Waals surface area (Å²) in [6, 6.07) is 6.61. The molecule has 0 aliphatic heterocycles. The summed E-state index contributed by atoms with van der Waals surface area (Å²) in [5.74, 6) is -0.260. The van der Waals surface area contributed by atoms with Gasteiger partial charge in [-0.1, -0.05) is 12.2 Å². The third kappa shape index (κ3) is 2.44. The van der Waals surface area contributed by atoms with Gasteiger partial charge < -0.3 is 4.90 Å². The van der Waals surface area contributed by atoms with Gasteiger partial charge in [0.2, 0.25) is 0 Å². The lowest BCUT2D eigenvalue weighted by atomic mass is 10.1. The van der Waals surface area contributed by atoms with E-state index in [-0.39, 0.29) is 5.82 Å². The van der Waals surface area contributed by atoms with E-state index < -0.39 is 0 Å². The van der Waals surface area contributed by atoms with Crippen molar-refractivity contribution >= 4 is 16.6 Å². The van der Waals surface area contributed by atoms with Crippen LogP contribution in [0.4, 0.5) is 10.1 Å². The first kappa shape index (κ1) is 11.6. The summed E-state index contributed by atoms with van der Waals surface area (Å²) in [7, 11) is 1.99. The number of nitrogens with zero attached hydrogens (tertiary/aromatic N) is 2. The van der Waals surface area contributed by atoms with Crippen LogP contribution < -0.4 is 4.90 Å². The Hall–Kier alpha value is -1.90. The average molecular weight is 230 g/mol. The first-order valence-corrected chi connectivity index (χ1v) is 5.47. The van der Waals surface area contributed by atoms with Gasteiger partial charge in [-0.25, -0.2) is 4.39 Å². The number of aromatic nitrogens is 1. The van der Waals surface area contributed by atoms with E-state index in [9.17, 15) is 4.39 Å². The van der Waals surface area contributed by atoms with Crippen molar-refractivity contribution < 1.29 is 4.39 Å². The molecule has 0 fully saturated rings. The first-order chi connectivity index (χ1) is 8.08. The zero-order valence-electron chi connectivity index (χ0n) is 10.1. The van der Waals surface area contributed by atoms with Gasteiger partial charge in [0.15, 0.2) is 0 Å². The molecule has 88 valence electrons. The van der Waals surface area contributed by atoms with Crippen molar-refractivity contribution in [2.45, 2.75) is 6.92 Å². The highest BCUT2D eigenvalue weighted by molar-refractivity contribution is 5.91. The zero-order valence-corrected chi connectivity index (χ0v) is 10.1. The number of anilines is 1. The summed E-state index contributed by atoms with van der Waals surface area (Å²) in [5, 5.41) is 0.956. The molecule has 0 bridgehead atoms. The fraction of sp³-hybridized carbons (Fsp3) is 0.214. The lowest BCUT2D eigenvalue weighted by Gasteiger charge is -2.20. The Balaban J connectivity index is 2.50. The third-order valence-electron chi connectivity index (χ3n) is 2.60. The number of benzene rings is 1. The van der Waals surface area contributed by atoms with E-state index in [1.165, 1.54) is 12.1 Å². The van der Waals surface area contributed by atoms with Crippen LogP contribution in [0.25, 0.3) is 10.9 Å². The van der Waals surface area contributed by atoms with E-state index in [1.54, 1.807) is 12.3 Å². The Morgan fingerprint density at radius 1 is 1.41 bits per heavy atom. The molecule has 2 nitrogen and oxygen atoms in total. The number of rotatable bonds is 3. The highest BCUT2D eigenvalue weighted by Crippen LogP contribution is 2.25. The highest BCUT2D eigenvalue weighted by atomic mass is 19.1. The second-order valence-electron chi connectivity index (χ2n) is 4.30. The molecule has 1 heterocycles. The molecular formula is C14H15FN2. The molecule has 1 aromatic carbocycles. The summed E-state index contributed by atoms with van der Waals surface area (Å²) in [6.07, 6.45) is 1.70. The lowest BCUT2D eigenvalue weighted by molar-refractivity contribution is 0.629. The van der Waals surface area contributed by atoms with Crippen LogP contribution in [0.5, 0.6) is 0 Å². The smallest absolute Gasteiger partial charge is 0.125 e. The molecule has 0 radical (unpaired) electrons. The molecule has 2 rings (SSSR count). The van der Waals surface area contributed by atoms with E-state index in [4.69, 9.17) is 0 Å². The second-order valence-corrected chi connectivity index (χ2v) is 4.30. The minimum absolute atomic E-state index is 0.260. The molecule has 0 saturated heterocycles. The van der Waals surface area contributed by atoms with Gasteiger partial charge in [0, 0.05) is 36.9 Å². The second kappa shape index (κ2) is 4.53. The van der Waals surface area contributed by atoms with E-state index in [0.717, 1.165) is 23.2 Å². The van der Waals surface area contributed by atoms with E-state index >= 15 is 0 Å². The Morgan fingerprint density at radius 3 is 2.88 bits per heavy atom. The van der Waals surface area contributed by atoms with Crippen molar-refractivity contribution in [2.24, 2.45) is 0 Å². The van der Waals surface area contributed by atoms with Crippen LogP contribution in [0, 0.1) is 5.82 Å². The maximum atomic E-state index is 13.1. The monoisotopic (exact) mass is 230 g/mol. The minimum atomic E-state index is -0.260. The van der Waals surface area contributed by atoms with Crippen molar-refractivity contribution in [3.63, 3.8) is 0 Å². The molecule has 0 aliphatic rings. The van der Waals surface area contributed by atoms with Crippen LogP contribution in [0.15, 0.2) is 42.6 Å². The molecule has 3 heteroatoms. The van der Waals surface area contributed by atoms with Crippen LogP contribution in [0.3, 0.4) is 0 Å². The summed E-state index contributed by atoms with van der Waals surface area (Å²) < 4.78 is 13.1. The molecule has 0 unspecified atom stereocenters. The summed E-state index contributed by atoms with van der Waals surface area (Å²) >= 11 is 0. The predicted molar refractivity (Wildman–Crippen MR) is 69.8 cm³/mol. The fourth-order valence-corrected chi connectivity index (χ4v) is 1.93. The van der Waals surface area contributed by atoms with Crippen molar-refractivity contribution in [3.8, 4) is 0 Å². The van der Waals surface area contributed by atoms with E-state index in [0.29, 0.717) is 5.52 Å². The van der Waals surface area contributed by atoms with E-state index in [2.05, 4.69) is 16.5 Å². The lowest BCUT2D eigenvalue weighted by Crippen LogP contribution is -2.19.